The van der Waals surface area contributed by atoms with Gasteiger partial charge in [-0.3, -0.25) is 9.59 Å². The zero-order valence-corrected chi connectivity index (χ0v) is 55.0. The van der Waals surface area contributed by atoms with Crippen LogP contribution in [0.3, 0.4) is 0 Å². The first-order valence-electron chi connectivity index (χ1n) is 37.1. The third kappa shape index (κ3) is 67.3. The van der Waals surface area contributed by atoms with Crippen molar-refractivity contribution < 1.29 is 24.5 Å². The molecule has 6 heteroatoms. The van der Waals surface area contributed by atoms with Crippen molar-refractivity contribution >= 4 is 11.9 Å². The van der Waals surface area contributed by atoms with Gasteiger partial charge in [-0.1, -0.05) is 372 Å². The van der Waals surface area contributed by atoms with Gasteiger partial charge in [-0.2, -0.15) is 0 Å². The summed E-state index contributed by atoms with van der Waals surface area (Å²) in [5.74, 6) is -0.0387. The quantitative estimate of drug-likeness (QED) is 0.0320. The van der Waals surface area contributed by atoms with Crippen molar-refractivity contribution in [3.8, 4) is 0 Å². The van der Waals surface area contributed by atoms with E-state index in [1.807, 2.05) is 6.08 Å². The van der Waals surface area contributed by atoms with E-state index in [4.69, 9.17) is 4.74 Å². The topological polar surface area (TPSA) is 95.9 Å². The number of rotatable bonds is 70. The standard InChI is InChI=1S/C75H145NO5/c1-3-5-7-9-11-13-15-17-41-44-47-51-55-59-63-67-73(78)72(71-77)76-74(79)68-64-60-56-52-48-45-42-39-37-35-33-31-29-27-25-23-21-19-18-20-22-24-26-28-30-32-34-36-38-40-43-46-50-54-58-62-66-70-81-75(80)69-65-61-57-53-49-16-14-12-10-8-6-4-2/h18,20,63,67,72-73,77-78H,3-17,19,21-62,64-66,68-71H2,1-2H3,(H,76,79)/b20-18-,67-63+. The summed E-state index contributed by atoms with van der Waals surface area (Å²) in [4.78, 5) is 24.5. The number of aliphatic hydroxyl groups is 2. The molecule has 0 saturated heterocycles. The number of ether oxygens (including phenoxy) is 1. The van der Waals surface area contributed by atoms with Crippen LogP contribution in [0, 0.1) is 0 Å². The minimum absolute atomic E-state index is 0.0225. The summed E-state index contributed by atoms with van der Waals surface area (Å²) in [6.45, 7) is 4.94. The molecule has 0 aliphatic heterocycles. The summed E-state index contributed by atoms with van der Waals surface area (Å²) in [6, 6.07) is -0.624. The van der Waals surface area contributed by atoms with Crippen LogP contribution in [0.2, 0.25) is 0 Å². The highest BCUT2D eigenvalue weighted by Crippen LogP contribution is 2.19. The Bertz CT molecular complexity index is 1270. The molecule has 0 fully saturated rings. The zero-order valence-electron chi connectivity index (χ0n) is 55.0. The van der Waals surface area contributed by atoms with Gasteiger partial charge in [0.1, 0.15) is 0 Å². The second-order valence-corrected chi connectivity index (χ2v) is 25.6. The van der Waals surface area contributed by atoms with E-state index in [9.17, 15) is 19.8 Å². The normalized spacial score (nSPS) is 12.6. The molecule has 81 heavy (non-hydrogen) atoms. The van der Waals surface area contributed by atoms with E-state index in [1.165, 1.54) is 353 Å². The lowest BCUT2D eigenvalue weighted by molar-refractivity contribution is -0.143. The fourth-order valence-electron chi connectivity index (χ4n) is 11.8. The van der Waals surface area contributed by atoms with Gasteiger partial charge in [-0.25, -0.2) is 0 Å². The van der Waals surface area contributed by atoms with E-state index in [2.05, 4.69) is 31.3 Å². The van der Waals surface area contributed by atoms with Gasteiger partial charge in [-0.15, -0.1) is 0 Å². The van der Waals surface area contributed by atoms with Crippen LogP contribution in [-0.4, -0.2) is 47.4 Å². The lowest BCUT2D eigenvalue weighted by atomic mass is 10.0. The molecular formula is C75H145NO5. The molecule has 0 bridgehead atoms. The molecule has 0 heterocycles. The van der Waals surface area contributed by atoms with Gasteiger partial charge in [0.05, 0.1) is 25.4 Å². The fraction of sp³-hybridized carbons (Fsp3) is 0.920. The fourth-order valence-corrected chi connectivity index (χ4v) is 11.8. The number of unbranched alkanes of at least 4 members (excludes halogenated alkanes) is 57. The molecule has 0 saturated carbocycles. The van der Waals surface area contributed by atoms with Gasteiger partial charge in [0.2, 0.25) is 5.91 Å². The number of carbonyl (C=O) groups is 2. The van der Waals surface area contributed by atoms with E-state index in [-0.39, 0.29) is 18.5 Å². The van der Waals surface area contributed by atoms with Gasteiger partial charge in [0, 0.05) is 12.8 Å². The average molecular weight is 1140 g/mol. The first-order chi connectivity index (χ1) is 40.0. The summed E-state index contributed by atoms with van der Waals surface area (Å²) in [5.41, 5.74) is 0. The second kappa shape index (κ2) is 70.8. The second-order valence-electron chi connectivity index (χ2n) is 25.6. The summed E-state index contributed by atoms with van der Waals surface area (Å²) in [6.07, 6.45) is 90.0. The van der Waals surface area contributed by atoms with Crippen LogP contribution in [0.5, 0.6) is 0 Å². The maximum atomic E-state index is 12.5. The predicted molar refractivity (Wildman–Crippen MR) is 356 cm³/mol. The van der Waals surface area contributed by atoms with Crippen molar-refractivity contribution in [3.05, 3.63) is 24.3 Å². The van der Waals surface area contributed by atoms with E-state index < -0.39 is 12.1 Å². The van der Waals surface area contributed by atoms with E-state index in [0.29, 0.717) is 19.4 Å². The van der Waals surface area contributed by atoms with Crippen molar-refractivity contribution in [3.63, 3.8) is 0 Å². The Labute approximate surface area is 507 Å². The molecule has 0 rings (SSSR count). The molecule has 1 amide bonds. The maximum Gasteiger partial charge on any atom is 0.305 e. The Kier molecular flexibility index (Phi) is 69.4. The van der Waals surface area contributed by atoms with Crippen LogP contribution in [0.4, 0.5) is 0 Å². The van der Waals surface area contributed by atoms with Gasteiger partial charge in [0.15, 0.2) is 0 Å². The maximum absolute atomic E-state index is 12.5. The van der Waals surface area contributed by atoms with Gasteiger partial charge in [-0.05, 0) is 57.8 Å². The van der Waals surface area contributed by atoms with Crippen LogP contribution in [0.25, 0.3) is 0 Å². The molecule has 0 aromatic rings. The van der Waals surface area contributed by atoms with Crippen LogP contribution in [-0.2, 0) is 14.3 Å². The third-order valence-corrected chi connectivity index (χ3v) is 17.5. The lowest BCUT2D eigenvalue weighted by Gasteiger charge is -2.20. The summed E-state index contributed by atoms with van der Waals surface area (Å²) >= 11 is 0. The Morgan fingerprint density at radius 2 is 0.580 bits per heavy atom. The minimum atomic E-state index is -0.841. The number of nitrogens with one attached hydrogen (secondary N) is 1. The number of hydrogen-bond donors (Lipinski definition) is 3. The van der Waals surface area contributed by atoms with E-state index in [1.54, 1.807) is 6.08 Å². The van der Waals surface area contributed by atoms with Crippen molar-refractivity contribution in [1.82, 2.24) is 5.32 Å². The molecule has 6 nitrogen and oxygen atoms in total. The Balaban J connectivity index is 3.33. The molecule has 2 atom stereocenters. The lowest BCUT2D eigenvalue weighted by Crippen LogP contribution is -2.45. The molecule has 2 unspecified atom stereocenters. The van der Waals surface area contributed by atoms with E-state index >= 15 is 0 Å². The SMILES string of the molecule is CCCCCCCCCCCCCCC/C=C/C(O)C(CO)NC(=O)CCCCCCCCCCCCCCCCCCC/C=C\CCCCCCCCCCCCCCCCCCOC(=O)CCCCCCCCCCCCCC. The van der Waals surface area contributed by atoms with Gasteiger partial charge in [0.25, 0.3) is 0 Å². The minimum Gasteiger partial charge on any atom is -0.466 e. The van der Waals surface area contributed by atoms with E-state index in [0.717, 1.165) is 38.5 Å². The van der Waals surface area contributed by atoms with Crippen molar-refractivity contribution in [2.75, 3.05) is 13.2 Å². The molecule has 0 aromatic heterocycles. The highest BCUT2D eigenvalue weighted by atomic mass is 16.5. The first-order valence-corrected chi connectivity index (χ1v) is 37.1. The molecular weight excluding hydrogens is 995 g/mol. The monoisotopic (exact) mass is 1140 g/mol. The van der Waals surface area contributed by atoms with Crippen LogP contribution < -0.4 is 5.32 Å². The van der Waals surface area contributed by atoms with Crippen LogP contribution in [0.1, 0.15) is 418 Å². The summed E-state index contributed by atoms with van der Waals surface area (Å²) in [5, 5.41) is 23.2. The molecule has 480 valence electrons. The molecule has 0 radical (unpaired) electrons. The van der Waals surface area contributed by atoms with Crippen molar-refractivity contribution in [1.29, 1.82) is 0 Å². The summed E-state index contributed by atoms with van der Waals surface area (Å²) in [7, 11) is 0. The van der Waals surface area contributed by atoms with Crippen LogP contribution in [0.15, 0.2) is 24.3 Å². The number of carbonyl (C=O) groups excluding carboxylic acids is 2. The Hall–Kier alpha value is -1.66. The molecule has 0 aliphatic rings. The zero-order chi connectivity index (χ0) is 58.5. The number of hydrogen-bond acceptors (Lipinski definition) is 5. The average Bonchev–Trinajstić information content (AvgIpc) is 3.47. The molecule has 0 aliphatic carbocycles. The highest BCUT2D eigenvalue weighted by Gasteiger charge is 2.18. The predicted octanol–water partition coefficient (Wildman–Crippen LogP) is 24.1. The number of esters is 1. The largest absolute Gasteiger partial charge is 0.466 e. The van der Waals surface area contributed by atoms with Crippen molar-refractivity contribution in [2.45, 2.75) is 431 Å². The molecule has 0 aromatic carbocycles. The van der Waals surface area contributed by atoms with Crippen LogP contribution >= 0.6 is 0 Å². The Morgan fingerprint density at radius 3 is 0.877 bits per heavy atom. The highest BCUT2D eigenvalue weighted by molar-refractivity contribution is 5.76. The third-order valence-electron chi connectivity index (χ3n) is 17.5. The molecule has 0 spiro atoms. The van der Waals surface area contributed by atoms with Gasteiger partial charge >= 0.3 is 5.97 Å². The number of allylic oxidation sites excluding steroid dienone is 3. The smallest absolute Gasteiger partial charge is 0.305 e. The molecule has 3 N–H and O–H groups in total. The van der Waals surface area contributed by atoms with Gasteiger partial charge < -0.3 is 20.3 Å². The first kappa shape index (κ1) is 79.3. The summed E-state index contributed by atoms with van der Waals surface area (Å²) < 4.78 is 5.49. The number of aliphatic hydroxyl groups excluding tert-OH is 2. The van der Waals surface area contributed by atoms with Crippen molar-refractivity contribution in [2.24, 2.45) is 0 Å². The number of amides is 1. The Morgan fingerprint density at radius 1 is 0.333 bits per heavy atom.